The van der Waals surface area contributed by atoms with Gasteiger partial charge < -0.3 is 10.2 Å². The zero-order valence-electron chi connectivity index (χ0n) is 9.28. The maximum absolute atomic E-state index is 11.8. The molecule has 98 valence electrons. The van der Waals surface area contributed by atoms with Crippen LogP contribution in [0.4, 0.5) is 0 Å². The summed E-state index contributed by atoms with van der Waals surface area (Å²) in [7, 11) is -3.75. The third-order valence-corrected chi connectivity index (χ3v) is 4.13. The van der Waals surface area contributed by atoms with Gasteiger partial charge in [-0.3, -0.25) is 0 Å². The first-order valence-corrected chi connectivity index (χ1v) is 6.76. The van der Waals surface area contributed by atoms with Crippen LogP contribution in [0.25, 0.3) is 0 Å². The Morgan fingerprint density at radius 1 is 1.39 bits per heavy atom. The van der Waals surface area contributed by atoms with E-state index in [-0.39, 0.29) is 16.6 Å². The molecule has 3 N–H and O–H groups in total. The van der Waals surface area contributed by atoms with Crippen molar-refractivity contribution in [1.29, 1.82) is 0 Å². The molecular weight excluding hydrogens is 260 g/mol. The molecule has 1 fully saturated rings. The summed E-state index contributed by atoms with van der Waals surface area (Å²) < 4.78 is 26.0. The van der Waals surface area contributed by atoms with Crippen molar-refractivity contribution < 1.29 is 23.4 Å². The Morgan fingerprint density at radius 3 is 2.50 bits per heavy atom. The molecule has 0 bridgehead atoms. The monoisotopic (exact) mass is 272 g/mol. The van der Waals surface area contributed by atoms with E-state index in [1.54, 1.807) is 0 Å². The van der Waals surface area contributed by atoms with Gasteiger partial charge in [0.15, 0.2) is 5.03 Å². The predicted octanol–water partition coefficient (Wildman–Crippen LogP) is -0.419. The average molecular weight is 272 g/mol. The number of nitrogens with one attached hydrogen (secondary N) is 1. The molecule has 0 aliphatic heterocycles. The fourth-order valence-corrected chi connectivity index (χ4v) is 2.82. The fourth-order valence-electron chi connectivity index (χ4n) is 1.63. The van der Waals surface area contributed by atoms with Crippen LogP contribution >= 0.6 is 0 Å². The lowest BCUT2D eigenvalue weighted by Crippen LogP contribution is -2.46. The lowest BCUT2D eigenvalue weighted by molar-refractivity contribution is 0.0692. The van der Waals surface area contributed by atoms with Crippen LogP contribution in [0, 0.1) is 0 Å². The number of nitrogens with zero attached hydrogens (tertiary/aromatic N) is 1. The molecule has 1 heterocycles. The summed E-state index contributed by atoms with van der Waals surface area (Å²) >= 11 is 0. The zero-order chi connectivity index (χ0) is 13.3. The van der Waals surface area contributed by atoms with E-state index in [4.69, 9.17) is 10.2 Å². The van der Waals surface area contributed by atoms with Crippen LogP contribution in [0.5, 0.6) is 0 Å². The molecule has 8 heteroatoms. The molecule has 0 unspecified atom stereocenters. The minimum absolute atomic E-state index is 0.0759. The zero-order valence-corrected chi connectivity index (χ0v) is 10.1. The standard InChI is InChI=1S/C10H12N2O5S/c13-8-3-7(4-8)12-18(16,17)9-2-1-6(5-11-9)10(14)15/h1-2,5,7-8,12-13H,3-4H2,(H,14,15). The number of aliphatic hydroxyl groups excluding tert-OH is 1. The van der Waals surface area contributed by atoms with Gasteiger partial charge in [-0.15, -0.1) is 0 Å². The number of rotatable bonds is 4. The van der Waals surface area contributed by atoms with E-state index in [1.165, 1.54) is 6.07 Å². The number of aliphatic hydroxyl groups is 1. The minimum Gasteiger partial charge on any atom is -0.478 e. The van der Waals surface area contributed by atoms with Crippen LogP contribution in [-0.4, -0.2) is 41.7 Å². The molecule has 1 saturated carbocycles. The quantitative estimate of drug-likeness (QED) is 0.685. The molecule has 1 aromatic rings. The normalized spacial score (nSPS) is 23.4. The summed E-state index contributed by atoms with van der Waals surface area (Å²) in [6.45, 7) is 0. The fraction of sp³-hybridized carbons (Fsp3) is 0.400. The second-order valence-corrected chi connectivity index (χ2v) is 5.79. The van der Waals surface area contributed by atoms with Gasteiger partial charge in [-0.1, -0.05) is 0 Å². The summed E-state index contributed by atoms with van der Waals surface area (Å²) in [5.74, 6) is -1.17. The largest absolute Gasteiger partial charge is 0.478 e. The Labute approximate surface area is 104 Å². The molecular formula is C10H12N2O5S. The number of aromatic carboxylic acids is 1. The number of carboxylic acid groups (broad SMARTS) is 1. The minimum atomic E-state index is -3.75. The lowest BCUT2D eigenvalue weighted by Gasteiger charge is -2.31. The van der Waals surface area contributed by atoms with Crippen LogP contribution in [0.2, 0.25) is 0 Å². The molecule has 0 saturated heterocycles. The first kappa shape index (κ1) is 12.9. The van der Waals surface area contributed by atoms with E-state index in [9.17, 15) is 13.2 Å². The van der Waals surface area contributed by atoms with Crippen molar-refractivity contribution in [3.05, 3.63) is 23.9 Å². The van der Waals surface area contributed by atoms with E-state index < -0.39 is 22.1 Å². The summed E-state index contributed by atoms with van der Waals surface area (Å²) in [5, 5.41) is 17.5. The highest BCUT2D eigenvalue weighted by molar-refractivity contribution is 7.89. The van der Waals surface area contributed by atoms with Gasteiger partial charge in [0.2, 0.25) is 0 Å². The summed E-state index contributed by atoms with van der Waals surface area (Å²) in [4.78, 5) is 14.2. The number of carboxylic acids is 1. The molecule has 2 rings (SSSR count). The van der Waals surface area contributed by atoms with Gasteiger partial charge in [0.25, 0.3) is 10.0 Å². The first-order valence-electron chi connectivity index (χ1n) is 5.28. The number of aromatic nitrogens is 1. The molecule has 7 nitrogen and oxygen atoms in total. The first-order chi connectivity index (χ1) is 8.38. The Balaban J connectivity index is 2.12. The third kappa shape index (κ3) is 2.66. The van der Waals surface area contributed by atoms with Crippen LogP contribution in [0.15, 0.2) is 23.4 Å². The second-order valence-electron chi connectivity index (χ2n) is 4.13. The van der Waals surface area contributed by atoms with Gasteiger partial charge in [0.1, 0.15) is 0 Å². The van der Waals surface area contributed by atoms with Gasteiger partial charge in [0.05, 0.1) is 11.7 Å². The molecule has 0 radical (unpaired) electrons. The van der Waals surface area contributed by atoms with Gasteiger partial charge >= 0.3 is 5.97 Å². The van der Waals surface area contributed by atoms with Crippen molar-refractivity contribution in [2.45, 2.75) is 30.0 Å². The molecule has 1 aliphatic rings. The van der Waals surface area contributed by atoms with Gasteiger partial charge in [-0.2, -0.15) is 0 Å². The number of hydrogen-bond acceptors (Lipinski definition) is 5. The molecule has 18 heavy (non-hydrogen) atoms. The van der Waals surface area contributed by atoms with Crippen molar-refractivity contribution in [3.63, 3.8) is 0 Å². The molecule has 0 aromatic carbocycles. The molecule has 1 aliphatic carbocycles. The Kier molecular flexibility index (Phi) is 3.33. The number of pyridine rings is 1. The smallest absolute Gasteiger partial charge is 0.337 e. The van der Waals surface area contributed by atoms with E-state index >= 15 is 0 Å². The summed E-state index contributed by atoms with van der Waals surface area (Å²) in [6, 6.07) is 2.03. The van der Waals surface area contributed by atoms with Crippen molar-refractivity contribution >= 4 is 16.0 Å². The van der Waals surface area contributed by atoms with Gasteiger partial charge in [-0.25, -0.2) is 22.9 Å². The third-order valence-electron chi connectivity index (χ3n) is 2.69. The summed E-state index contributed by atoms with van der Waals surface area (Å²) in [5.41, 5.74) is -0.0759. The van der Waals surface area contributed by atoms with Crippen molar-refractivity contribution in [1.82, 2.24) is 9.71 Å². The highest BCUT2D eigenvalue weighted by Crippen LogP contribution is 2.21. The van der Waals surface area contributed by atoms with Crippen molar-refractivity contribution in [2.24, 2.45) is 0 Å². The topological polar surface area (TPSA) is 117 Å². The molecule has 0 atom stereocenters. The molecule has 0 spiro atoms. The van der Waals surface area contributed by atoms with Gasteiger partial charge in [0, 0.05) is 12.2 Å². The lowest BCUT2D eigenvalue weighted by atomic mass is 9.91. The number of hydrogen-bond donors (Lipinski definition) is 3. The van der Waals surface area contributed by atoms with Crippen LogP contribution in [-0.2, 0) is 10.0 Å². The Hall–Kier alpha value is -1.51. The second kappa shape index (κ2) is 4.63. The maximum atomic E-state index is 11.8. The predicted molar refractivity (Wildman–Crippen MR) is 60.5 cm³/mol. The van der Waals surface area contributed by atoms with Crippen LogP contribution in [0.1, 0.15) is 23.2 Å². The van der Waals surface area contributed by atoms with Crippen LogP contribution < -0.4 is 4.72 Å². The maximum Gasteiger partial charge on any atom is 0.337 e. The van der Waals surface area contributed by atoms with Gasteiger partial charge in [-0.05, 0) is 25.0 Å². The highest BCUT2D eigenvalue weighted by Gasteiger charge is 2.31. The SMILES string of the molecule is O=C(O)c1ccc(S(=O)(=O)NC2CC(O)C2)nc1. The van der Waals surface area contributed by atoms with Crippen molar-refractivity contribution in [2.75, 3.05) is 0 Å². The highest BCUT2D eigenvalue weighted by atomic mass is 32.2. The molecule has 0 amide bonds. The van der Waals surface area contributed by atoms with Crippen molar-refractivity contribution in [3.8, 4) is 0 Å². The number of sulfonamides is 1. The van der Waals surface area contributed by atoms with Crippen LogP contribution in [0.3, 0.4) is 0 Å². The van der Waals surface area contributed by atoms with E-state index in [2.05, 4.69) is 9.71 Å². The van der Waals surface area contributed by atoms with E-state index in [0.717, 1.165) is 12.3 Å². The molecule has 1 aromatic heterocycles. The van der Waals surface area contributed by atoms with E-state index in [0.29, 0.717) is 12.8 Å². The summed E-state index contributed by atoms with van der Waals surface area (Å²) in [6.07, 6.45) is 1.30. The Morgan fingerprint density at radius 2 is 2.06 bits per heavy atom. The van der Waals surface area contributed by atoms with E-state index in [1.807, 2.05) is 0 Å². The average Bonchev–Trinajstić information content (AvgIpc) is 2.27. The Bertz CT molecular complexity index is 548. The number of carbonyl (C=O) groups is 1.